The van der Waals surface area contributed by atoms with Crippen molar-refractivity contribution in [1.82, 2.24) is 4.98 Å². The van der Waals surface area contributed by atoms with Crippen LogP contribution in [-0.2, 0) is 0 Å². The minimum atomic E-state index is -0.136. The number of hydrogen-bond donors (Lipinski definition) is 1. The molecule has 0 aliphatic carbocycles. The van der Waals surface area contributed by atoms with E-state index in [1.165, 1.54) is 4.88 Å². The zero-order valence-electron chi connectivity index (χ0n) is 9.53. The van der Waals surface area contributed by atoms with Crippen LogP contribution in [0.2, 0.25) is 0 Å². The van der Waals surface area contributed by atoms with Crippen molar-refractivity contribution in [3.8, 4) is 0 Å². The first-order valence-corrected chi connectivity index (χ1v) is 6.26. The number of nitrogens with zero attached hydrogens (tertiary/aromatic N) is 2. The van der Waals surface area contributed by atoms with Crippen LogP contribution < -0.4 is 4.90 Å². The molecule has 0 aromatic carbocycles. The molecule has 1 aromatic rings. The number of anilines is 1. The third kappa shape index (κ3) is 2.16. The zero-order valence-corrected chi connectivity index (χ0v) is 10.3. The normalized spacial score (nSPS) is 27.1. The molecule has 0 saturated carbocycles. The van der Waals surface area contributed by atoms with Crippen LogP contribution in [0.5, 0.6) is 0 Å². The summed E-state index contributed by atoms with van der Waals surface area (Å²) in [6.07, 6.45) is 0.724. The maximum atomic E-state index is 9.66. The Morgan fingerprint density at radius 3 is 2.73 bits per heavy atom. The smallest absolute Gasteiger partial charge is 0.185 e. The molecule has 2 heterocycles. The molecule has 3 nitrogen and oxygen atoms in total. The minimum absolute atomic E-state index is 0.136. The Hall–Kier alpha value is -0.610. The van der Waals surface area contributed by atoms with E-state index in [4.69, 9.17) is 0 Å². The molecule has 1 aliphatic heterocycles. The van der Waals surface area contributed by atoms with Crippen LogP contribution in [0, 0.1) is 19.8 Å². The number of aryl methyl sites for hydroxylation is 2. The standard InChI is InChI=1S/C11H18N2OS/c1-7-6-13(5-4-10(7)14)11-12-8(2)9(3)15-11/h7,10,14H,4-6H2,1-3H3. The first-order chi connectivity index (χ1) is 7.08. The average molecular weight is 226 g/mol. The molecule has 0 bridgehead atoms. The van der Waals surface area contributed by atoms with Gasteiger partial charge in [-0.2, -0.15) is 0 Å². The van der Waals surface area contributed by atoms with Crippen LogP contribution in [0.1, 0.15) is 23.9 Å². The molecular formula is C11H18N2OS. The number of aliphatic hydroxyl groups is 1. The van der Waals surface area contributed by atoms with Gasteiger partial charge in [0.25, 0.3) is 0 Å². The number of thiazole rings is 1. The fraction of sp³-hybridized carbons (Fsp3) is 0.727. The highest BCUT2D eigenvalue weighted by atomic mass is 32.1. The van der Waals surface area contributed by atoms with Gasteiger partial charge in [0.05, 0.1) is 11.8 Å². The van der Waals surface area contributed by atoms with E-state index in [1.807, 2.05) is 0 Å². The summed E-state index contributed by atoms with van der Waals surface area (Å²) >= 11 is 1.76. The van der Waals surface area contributed by atoms with Crippen LogP contribution >= 0.6 is 11.3 Å². The van der Waals surface area contributed by atoms with Gasteiger partial charge in [-0.3, -0.25) is 0 Å². The highest BCUT2D eigenvalue weighted by Gasteiger charge is 2.25. The second kappa shape index (κ2) is 4.10. The van der Waals surface area contributed by atoms with Gasteiger partial charge in [0.2, 0.25) is 0 Å². The van der Waals surface area contributed by atoms with Gasteiger partial charge in [-0.1, -0.05) is 6.92 Å². The predicted octanol–water partition coefficient (Wildman–Crippen LogP) is 1.97. The highest BCUT2D eigenvalue weighted by Crippen LogP contribution is 2.28. The SMILES string of the molecule is Cc1nc(N2CCC(O)C(C)C2)sc1C. The molecule has 2 atom stereocenters. The van der Waals surface area contributed by atoms with E-state index in [-0.39, 0.29) is 6.10 Å². The first-order valence-electron chi connectivity index (χ1n) is 5.45. The van der Waals surface area contributed by atoms with Crippen LogP contribution in [0.25, 0.3) is 0 Å². The Labute approximate surface area is 94.8 Å². The highest BCUT2D eigenvalue weighted by molar-refractivity contribution is 7.15. The topological polar surface area (TPSA) is 36.4 Å². The Morgan fingerprint density at radius 1 is 1.47 bits per heavy atom. The van der Waals surface area contributed by atoms with E-state index in [9.17, 15) is 5.11 Å². The summed E-state index contributed by atoms with van der Waals surface area (Å²) in [5.41, 5.74) is 1.13. The molecule has 1 aliphatic rings. The second-order valence-electron chi connectivity index (χ2n) is 4.42. The van der Waals surface area contributed by atoms with Crippen molar-refractivity contribution in [2.45, 2.75) is 33.3 Å². The minimum Gasteiger partial charge on any atom is -0.393 e. The molecule has 0 spiro atoms. The summed E-state index contributed by atoms with van der Waals surface area (Å²) in [7, 11) is 0. The van der Waals surface area contributed by atoms with Crippen molar-refractivity contribution in [3.63, 3.8) is 0 Å². The average Bonchev–Trinajstić information content (AvgIpc) is 2.52. The van der Waals surface area contributed by atoms with Gasteiger partial charge in [-0.15, -0.1) is 11.3 Å². The fourth-order valence-corrected chi connectivity index (χ4v) is 2.84. The molecule has 15 heavy (non-hydrogen) atoms. The number of aliphatic hydroxyl groups excluding tert-OH is 1. The summed E-state index contributed by atoms with van der Waals surface area (Å²) in [6.45, 7) is 8.12. The monoisotopic (exact) mass is 226 g/mol. The van der Waals surface area contributed by atoms with E-state index in [0.29, 0.717) is 5.92 Å². The molecule has 2 unspecified atom stereocenters. The lowest BCUT2D eigenvalue weighted by atomic mass is 9.97. The molecule has 1 saturated heterocycles. The van der Waals surface area contributed by atoms with Crippen LogP contribution in [0.3, 0.4) is 0 Å². The molecule has 1 aromatic heterocycles. The molecule has 2 rings (SSSR count). The summed E-state index contributed by atoms with van der Waals surface area (Å²) in [5, 5.41) is 10.8. The lowest BCUT2D eigenvalue weighted by Gasteiger charge is -2.34. The molecule has 0 radical (unpaired) electrons. The van der Waals surface area contributed by atoms with Crippen molar-refractivity contribution in [2.24, 2.45) is 5.92 Å². The van der Waals surface area contributed by atoms with Crippen molar-refractivity contribution in [3.05, 3.63) is 10.6 Å². The Kier molecular flexibility index (Phi) is 2.98. The second-order valence-corrected chi connectivity index (χ2v) is 5.60. The molecule has 84 valence electrons. The van der Waals surface area contributed by atoms with Crippen molar-refractivity contribution >= 4 is 16.5 Å². The number of piperidine rings is 1. The largest absolute Gasteiger partial charge is 0.393 e. The van der Waals surface area contributed by atoms with Gasteiger partial charge in [0.15, 0.2) is 5.13 Å². The summed E-state index contributed by atoms with van der Waals surface area (Å²) in [5.74, 6) is 0.350. The number of rotatable bonds is 1. The van der Waals surface area contributed by atoms with Crippen LogP contribution in [0.4, 0.5) is 5.13 Å². The van der Waals surface area contributed by atoms with E-state index >= 15 is 0 Å². The Bertz CT molecular complexity index is 331. The van der Waals surface area contributed by atoms with Crippen molar-refractivity contribution in [2.75, 3.05) is 18.0 Å². The lowest BCUT2D eigenvalue weighted by molar-refractivity contribution is 0.0971. The van der Waals surface area contributed by atoms with Gasteiger partial charge in [0, 0.05) is 18.0 Å². The van der Waals surface area contributed by atoms with Crippen molar-refractivity contribution < 1.29 is 5.11 Å². The molecule has 1 fully saturated rings. The summed E-state index contributed by atoms with van der Waals surface area (Å²) in [6, 6.07) is 0. The third-order valence-corrected chi connectivity index (χ3v) is 4.28. The van der Waals surface area contributed by atoms with Crippen LogP contribution in [0.15, 0.2) is 0 Å². The van der Waals surface area contributed by atoms with Gasteiger partial charge in [-0.05, 0) is 26.2 Å². The molecule has 0 amide bonds. The zero-order chi connectivity index (χ0) is 11.0. The van der Waals surface area contributed by atoms with Crippen molar-refractivity contribution in [1.29, 1.82) is 0 Å². The molecule has 1 N–H and O–H groups in total. The Balaban J connectivity index is 2.12. The Morgan fingerprint density at radius 2 is 2.20 bits per heavy atom. The van der Waals surface area contributed by atoms with Gasteiger partial charge in [-0.25, -0.2) is 4.98 Å². The maximum absolute atomic E-state index is 9.66. The van der Waals surface area contributed by atoms with E-state index in [2.05, 4.69) is 30.7 Å². The molecular weight excluding hydrogens is 208 g/mol. The maximum Gasteiger partial charge on any atom is 0.185 e. The number of aromatic nitrogens is 1. The third-order valence-electron chi connectivity index (χ3n) is 3.15. The summed E-state index contributed by atoms with van der Waals surface area (Å²) < 4.78 is 0. The lowest BCUT2D eigenvalue weighted by Crippen LogP contribution is -2.41. The van der Waals surface area contributed by atoms with E-state index < -0.39 is 0 Å². The van der Waals surface area contributed by atoms with Gasteiger partial charge >= 0.3 is 0 Å². The first kappa shape index (κ1) is 10.9. The van der Waals surface area contributed by atoms with Gasteiger partial charge in [0.1, 0.15) is 0 Å². The van der Waals surface area contributed by atoms with E-state index in [1.54, 1.807) is 11.3 Å². The number of hydrogen-bond acceptors (Lipinski definition) is 4. The van der Waals surface area contributed by atoms with Crippen LogP contribution in [-0.4, -0.2) is 29.3 Å². The summed E-state index contributed by atoms with van der Waals surface area (Å²) in [4.78, 5) is 8.15. The fourth-order valence-electron chi connectivity index (χ4n) is 1.90. The van der Waals surface area contributed by atoms with Gasteiger partial charge < -0.3 is 10.0 Å². The molecule has 4 heteroatoms. The van der Waals surface area contributed by atoms with E-state index in [0.717, 1.165) is 30.3 Å². The quantitative estimate of drug-likeness (QED) is 0.795. The predicted molar refractivity (Wildman–Crippen MR) is 63.6 cm³/mol.